The van der Waals surface area contributed by atoms with Crippen LogP contribution in [0.3, 0.4) is 0 Å². The number of nitrogens with two attached hydrogens (primary N) is 1. The molecule has 84 valence electrons. The van der Waals surface area contributed by atoms with Gasteiger partial charge in [-0.1, -0.05) is 26.2 Å². The Kier molecular flexibility index (Phi) is 4.95. The summed E-state index contributed by atoms with van der Waals surface area (Å²) in [5, 5.41) is 3.33. The lowest BCUT2D eigenvalue weighted by molar-refractivity contribution is 0.684. The van der Waals surface area contributed by atoms with Gasteiger partial charge in [0.05, 0.1) is 11.9 Å². The van der Waals surface area contributed by atoms with Gasteiger partial charge in [-0.25, -0.2) is 4.98 Å². The van der Waals surface area contributed by atoms with Gasteiger partial charge in [-0.05, 0) is 25.0 Å². The molecular weight excluding hydrogens is 186 g/mol. The van der Waals surface area contributed by atoms with Crippen LogP contribution in [0, 0.1) is 6.92 Å². The van der Waals surface area contributed by atoms with Crippen LogP contribution in [0.1, 0.15) is 38.2 Å². The number of anilines is 2. The van der Waals surface area contributed by atoms with Gasteiger partial charge >= 0.3 is 0 Å². The van der Waals surface area contributed by atoms with Gasteiger partial charge in [0.1, 0.15) is 5.82 Å². The van der Waals surface area contributed by atoms with Gasteiger partial charge in [0.2, 0.25) is 0 Å². The minimum Gasteiger partial charge on any atom is -0.397 e. The Labute approximate surface area is 92.1 Å². The number of nitrogens with zero attached hydrogens (tertiary/aromatic N) is 1. The van der Waals surface area contributed by atoms with Gasteiger partial charge in [0.25, 0.3) is 0 Å². The van der Waals surface area contributed by atoms with Crippen LogP contribution in [-0.4, -0.2) is 11.5 Å². The number of hydrogen-bond donors (Lipinski definition) is 2. The van der Waals surface area contributed by atoms with Crippen molar-refractivity contribution in [1.82, 2.24) is 4.98 Å². The molecule has 0 saturated heterocycles. The molecule has 0 aromatic carbocycles. The Bertz CT molecular complexity index is 297. The zero-order chi connectivity index (χ0) is 11.1. The number of aryl methyl sites for hydroxylation is 1. The highest BCUT2D eigenvalue weighted by molar-refractivity contribution is 5.50. The second-order valence-corrected chi connectivity index (χ2v) is 3.92. The highest BCUT2D eigenvalue weighted by atomic mass is 15.0. The van der Waals surface area contributed by atoms with Crippen molar-refractivity contribution in [2.45, 2.75) is 39.5 Å². The molecule has 0 aliphatic carbocycles. The molecule has 3 N–H and O–H groups in total. The van der Waals surface area contributed by atoms with Crippen molar-refractivity contribution in [3.8, 4) is 0 Å². The molecule has 0 aliphatic heterocycles. The number of nitrogens with one attached hydrogen (secondary N) is 1. The summed E-state index contributed by atoms with van der Waals surface area (Å²) in [5.74, 6) is 0.959. The zero-order valence-corrected chi connectivity index (χ0v) is 9.71. The van der Waals surface area contributed by atoms with E-state index in [-0.39, 0.29) is 0 Å². The van der Waals surface area contributed by atoms with Crippen molar-refractivity contribution in [3.05, 3.63) is 17.8 Å². The number of unbranched alkanes of at least 4 members (excludes halogenated alkanes) is 3. The Balaban J connectivity index is 2.31. The molecule has 0 fully saturated rings. The minimum absolute atomic E-state index is 0.726. The minimum atomic E-state index is 0.726. The lowest BCUT2D eigenvalue weighted by Crippen LogP contribution is -2.05. The van der Waals surface area contributed by atoms with Crippen LogP contribution in [0.25, 0.3) is 0 Å². The Hall–Kier alpha value is -1.25. The molecule has 0 bridgehead atoms. The summed E-state index contributed by atoms with van der Waals surface area (Å²) < 4.78 is 0. The van der Waals surface area contributed by atoms with Crippen LogP contribution in [-0.2, 0) is 0 Å². The van der Waals surface area contributed by atoms with E-state index in [1.165, 1.54) is 25.7 Å². The Morgan fingerprint density at radius 2 is 2.13 bits per heavy atom. The monoisotopic (exact) mass is 207 g/mol. The third-order valence-electron chi connectivity index (χ3n) is 2.42. The molecule has 0 spiro atoms. The van der Waals surface area contributed by atoms with Crippen LogP contribution in [0.4, 0.5) is 11.5 Å². The maximum atomic E-state index is 5.63. The van der Waals surface area contributed by atoms with E-state index in [4.69, 9.17) is 5.73 Å². The summed E-state index contributed by atoms with van der Waals surface area (Å²) in [6.07, 6.45) is 6.78. The molecule has 0 aliphatic rings. The van der Waals surface area contributed by atoms with Gasteiger partial charge in [0, 0.05) is 6.54 Å². The fraction of sp³-hybridized carbons (Fsp3) is 0.583. The van der Waals surface area contributed by atoms with E-state index in [1.807, 2.05) is 13.0 Å². The molecule has 0 saturated carbocycles. The summed E-state index contributed by atoms with van der Waals surface area (Å²) in [7, 11) is 0. The lowest BCUT2D eigenvalue weighted by Gasteiger charge is -2.08. The smallest absolute Gasteiger partial charge is 0.128 e. The molecule has 1 aromatic heterocycles. The molecule has 1 heterocycles. The van der Waals surface area contributed by atoms with E-state index in [0.717, 1.165) is 23.6 Å². The van der Waals surface area contributed by atoms with E-state index in [9.17, 15) is 0 Å². The van der Waals surface area contributed by atoms with Crippen LogP contribution in [0.2, 0.25) is 0 Å². The van der Waals surface area contributed by atoms with E-state index >= 15 is 0 Å². The second kappa shape index (κ2) is 6.27. The Morgan fingerprint density at radius 1 is 1.33 bits per heavy atom. The molecule has 0 unspecified atom stereocenters. The first-order chi connectivity index (χ1) is 7.24. The normalized spacial score (nSPS) is 10.3. The van der Waals surface area contributed by atoms with E-state index in [0.29, 0.717) is 0 Å². The molecule has 0 amide bonds. The molecule has 1 aromatic rings. The predicted molar refractivity (Wildman–Crippen MR) is 66.0 cm³/mol. The summed E-state index contributed by atoms with van der Waals surface area (Å²) in [6, 6.07) is 1.95. The molecule has 0 atom stereocenters. The summed E-state index contributed by atoms with van der Waals surface area (Å²) in [6.45, 7) is 5.24. The standard InChI is InChI=1S/C12H21N3/c1-3-4-5-6-7-14-12-10(2)8-11(13)9-15-12/h8-9H,3-7,13H2,1-2H3,(H,14,15). The molecular formula is C12H21N3. The summed E-state index contributed by atoms with van der Waals surface area (Å²) >= 11 is 0. The number of rotatable bonds is 6. The van der Waals surface area contributed by atoms with Crippen molar-refractivity contribution in [2.75, 3.05) is 17.6 Å². The molecule has 3 nitrogen and oxygen atoms in total. The maximum Gasteiger partial charge on any atom is 0.128 e. The van der Waals surface area contributed by atoms with E-state index < -0.39 is 0 Å². The first-order valence-electron chi connectivity index (χ1n) is 5.70. The third kappa shape index (κ3) is 4.19. The first-order valence-corrected chi connectivity index (χ1v) is 5.70. The van der Waals surface area contributed by atoms with Crippen molar-refractivity contribution >= 4 is 11.5 Å². The van der Waals surface area contributed by atoms with Crippen molar-refractivity contribution in [1.29, 1.82) is 0 Å². The first kappa shape index (κ1) is 11.8. The second-order valence-electron chi connectivity index (χ2n) is 3.92. The Morgan fingerprint density at radius 3 is 2.80 bits per heavy atom. The number of aromatic nitrogens is 1. The highest BCUT2D eigenvalue weighted by Gasteiger charge is 1.98. The average Bonchev–Trinajstić information content (AvgIpc) is 2.20. The third-order valence-corrected chi connectivity index (χ3v) is 2.42. The fourth-order valence-electron chi connectivity index (χ4n) is 1.54. The topological polar surface area (TPSA) is 50.9 Å². The maximum absolute atomic E-state index is 5.63. The van der Waals surface area contributed by atoms with E-state index in [1.54, 1.807) is 6.20 Å². The van der Waals surface area contributed by atoms with Crippen LogP contribution < -0.4 is 11.1 Å². The quantitative estimate of drug-likeness (QED) is 0.705. The zero-order valence-electron chi connectivity index (χ0n) is 9.71. The molecule has 1 rings (SSSR count). The largest absolute Gasteiger partial charge is 0.397 e. The number of hydrogen-bond acceptors (Lipinski definition) is 3. The predicted octanol–water partition coefficient (Wildman–Crippen LogP) is 2.96. The van der Waals surface area contributed by atoms with Crippen LogP contribution in [0.5, 0.6) is 0 Å². The fourth-order valence-corrected chi connectivity index (χ4v) is 1.54. The van der Waals surface area contributed by atoms with Crippen LogP contribution in [0.15, 0.2) is 12.3 Å². The summed E-state index contributed by atoms with van der Waals surface area (Å²) in [5.41, 5.74) is 7.47. The highest BCUT2D eigenvalue weighted by Crippen LogP contribution is 2.13. The van der Waals surface area contributed by atoms with E-state index in [2.05, 4.69) is 17.2 Å². The lowest BCUT2D eigenvalue weighted by atomic mass is 10.2. The SMILES string of the molecule is CCCCCCNc1ncc(N)cc1C. The van der Waals surface area contributed by atoms with Crippen LogP contribution >= 0.6 is 0 Å². The summed E-state index contributed by atoms with van der Waals surface area (Å²) in [4.78, 5) is 4.26. The van der Waals surface area contributed by atoms with Gasteiger partial charge in [0.15, 0.2) is 0 Å². The van der Waals surface area contributed by atoms with Gasteiger partial charge in [-0.3, -0.25) is 0 Å². The molecule has 3 heteroatoms. The average molecular weight is 207 g/mol. The van der Waals surface area contributed by atoms with Gasteiger partial charge in [-0.15, -0.1) is 0 Å². The van der Waals surface area contributed by atoms with Crippen molar-refractivity contribution in [2.24, 2.45) is 0 Å². The van der Waals surface area contributed by atoms with Gasteiger partial charge < -0.3 is 11.1 Å². The number of pyridine rings is 1. The molecule has 15 heavy (non-hydrogen) atoms. The van der Waals surface area contributed by atoms with Gasteiger partial charge in [-0.2, -0.15) is 0 Å². The number of nitrogen functional groups attached to an aromatic ring is 1. The van der Waals surface area contributed by atoms with Crippen molar-refractivity contribution in [3.63, 3.8) is 0 Å². The van der Waals surface area contributed by atoms with Crippen molar-refractivity contribution < 1.29 is 0 Å². The molecule has 0 radical (unpaired) electrons.